The van der Waals surface area contributed by atoms with Crippen molar-refractivity contribution in [2.24, 2.45) is 40.9 Å². The highest BCUT2D eigenvalue weighted by Crippen LogP contribution is 2.54. The zero-order valence-electron chi connectivity index (χ0n) is 16.6. The molecule has 2 heterocycles. The van der Waals surface area contributed by atoms with Gasteiger partial charge < -0.3 is 0 Å². The lowest BCUT2D eigenvalue weighted by Gasteiger charge is -2.47. The number of fused-ring (bicyclic) bond motifs is 2. The highest BCUT2D eigenvalue weighted by Gasteiger charge is 2.56. The van der Waals surface area contributed by atoms with Crippen LogP contribution in [-0.4, -0.2) is 33.4 Å². The fraction of sp³-hybridized carbons (Fsp3) is 0.714. The maximum absolute atomic E-state index is 12.5. The van der Waals surface area contributed by atoms with E-state index in [1.807, 2.05) is 0 Å². The average molecular weight is 396 g/mol. The highest BCUT2D eigenvalue weighted by molar-refractivity contribution is 6.07. The minimum absolute atomic E-state index is 0.178. The number of carbonyl (C=O) groups excluding carboxylic acids is 4. The molecule has 6 unspecified atom stereocenters. The SMILES string of the molecule is CC(C)(C1CCC2C(=O)N(C#N)C(=O)C2C1)C1CCC2C(=O)N(C#N)C(=O)C2C1. The summed E-state index contributed by atoms with van der Waals surface area (Å²) in [6.45, 7) is 4.30. The average Bonchev–Trinajstić information content (AvgIpc) is 3.11. The van der Waals surface area contributed by atoms with Gasteiger partial charge in [0, 0.05) is 0 Å². The smallest absolute Gasteiger partial charge is 0.246 e. The molecule has 2 saturated carbocycles. The maximum Gasteiger partial charge on any atom is 0.246 e. The minimum Gasteiger partial charge on any atom is -0.273 e. The van der Waals surface area contributed by atoms with Gasteiger partial charge in [-0.3, -0.25) is 19.2 Å². The topological polar surface area (TPSA) is 122 Å². The Kier molecular flexibility index (Phi) is 4.49. The van der Waals surface area contributed by atoms with Crippen molar-refractivity contribution < 1.29 is 19.2 Å². The number of carbonyl (C=O) groups is 4. The molecule has 8 heteroatoms. The fourth-order valence-corrected chi connectivity index (χ4v) is 6.24. The molecule has 4 fully saturated rings. The first-order valence-electron chi connectivity index (χ1n) is 10.3. The third kappa shape index (κ3) is 2.69. The quantitative estimate of drug-likeness (QED) is 0.518. The second kappa shape index (κ2) is 6.66. The van der Waals surface area contributed by atoms with Gasteiger partial charge in [-0.1, -0.05) is 13.8 Å². The van der Waals surface area contributed by atoms with Gasteiger partial charge in [0.15, 0.2) is 12.4 Å². The molecule has 0 bridgehead atoms. The van der Waals surface area contributed by atoms with Crippen LogP contribution in [0.4, 0.5) is 0 Å². The van der Waals surface area contributed by atoms with E-state index in [1.54, 1.807) is 12.4 Å². The number of nitriles is 2. The molecule has 0 N–H and O–H groups in total. The second-order valence-corrected chi connectivity index (χ2v) is 9.49. The van der Waals surface area contributed by atoms with Gasteiger partial charge in [0.05, 0.1) is 23.7 Å². The summed E-state index contributed by atoms with van der Waals surface area (Å²) in [7, 11) is 0. The highest BCUT2D eigenvalue weighted by atomic mass is 16.2. The molecule has 29 heavy (non-hydrogen) atoms. The van der Waals surface area contributed by atoms with Crippen LogP contribution < -0.4 is 0 Å². The molecule has 4 aliphatic rings. The molecular weight excluding hydrogens is 372 g/mol. The zero-order valence-corrected chi connectivity index (χ0v) is 16.6. The molecule has 0 radical (unpaired) electrons. The largest absolute Gasteiger partial charge is 0.273 e. The van der Waals surface area contributed by atoms with Crippen LogP contribution in [0.3, 0.4) is 0 Å². The van der Waals surface area contributed by atoms with Gasteiger partial charge in [-0.05, 0) is 55.8 Å². The first-order chi connectivity index (χ1) is 13.7. The van der Waals surface area contributed by atoms with Crippen molar-refractivity contribution in [3.63, 3.8) is 0 Å². The second-order valence-electron chi connectivity index (χ2n) is 9.49. The molecular formula is C21H24N4O4. The van der Waals surface area contributed by atoms with Crippen LogP contribution in [0.25, 0.3) is 0 Å². The number of hydrogen-bond donors (Lipinski definition) is 0. The lowest BCUT2D eigenvalue weighted by atomic mass is 9.56. The Labute approximate surface area is 169 Å². The van der Waals surface area contributed by atoms with Crippen molar-refractivity contribution in [3.05, 3.63) is 0 Å². The van der Waals surface area contributed by atoms with E-state index in [4.69, 9.17) is 10.5 Å². The molecule has 0 aromatic carbocycles. The summed E-state index contributed by atoms with van der Waals surface area (Å²) in [5.41, 5.74) is -0.178. The standard InChI is InChI=1S/C21H24N4O4/c1-21(2,11-3-5-13-15(7-11)19(28)24(9-22)17(13)26)12-4-6-14-16(8-12)20(29)25(10-23)18(14)27/h11-16H,3-8H2,1-2H3. The number of rotatable bonds is 2. The van der Waals surface area contributed by atoms with E-state index in [0.29, 0.717) is 25.7 Å². The van der Waals surface area contributed by atoms with Crippen molar-refractivity contribution in [1.29, 1.82) is 10.5 Å². The predicted octanol–water partition coefficient (Wildman–Crippen LogP) is 1.78. The van der Waals surface area contributed by atoms with Gasteiger partial charge in [-0.15, -0.1) is 0 Å². The van der Waals surface area contributed by atoms with Crippen LogP contribution in [0.15, 0.2) is 0 Å². The summed E-state index contributed by atoms with van der Waals surface area (Å²) in [6, 6.07) is 0. The molecule has 0 spiro atoms. The summed E-state index contributed by atoms with van der Waals surface area (Å²) >= 11 is 0. The number of amides is 4. The van der Waals surface area contributed by atoms with Crippen LogP contribution in [0.1, 0.15) is 52.4 Å². The van der Waals surface area contributed by atoms with E-state index in [9.17, 15) is 19.2 Å². The fourth-order valence-electron chi connectivity index (χ4n) is 6.24. The van der Waals surface area contributed by atoms with Crippen molar-refractivity contribution in [3.8, 4) is 12.4 Å². The maximum atomic E-state index is 12.5. The van der Waals surface area contributed by atoms with Gasteiger partial charge in [-0.25, -0.2) is 0 Å². The van der Waals surface area contributed by atoms with Gasteiger partial charge in [0.25, 0.3) is 0 Å². The molecule has 8 nitrogen and oxygen atoms in total. The molecule has 4 amide bonds. The van der Waals surface area contributed by atoms with E-state index in [2.05, 4.69) is 13.8 Å². The van der Waals surface area contributed by atoms with Crippen LogP contribution in [-0.2, 0) is 19.2 Å². The van der Waals surface area contributed by atoms with Gasteiger partial charge in [-0.2, -0.15) is 20.3 Å². The zero-order chi connectivity index (χ0) is 21.1. The van der Waals surface area contributed by atoms with Crippen molar-refractivity contribution >= 4 is 23.6 Å². The molecule has 4 rings (SSSR count). The Balaban J connectivity index is 1.50. The normalized spacial score (nSPS) is 37.2. The number of likely N-dealkylation sites (tertiary alicyclic amines) is 2. The first kappa shape index (κ1) is 19.6. The molecule has 0 aromatic rings. The van der Waals surface area contributed by atoms with Crippen LogP contribution in [0, 0.1) is 63.8 Å². The number of imide groups is 2. The summed E-state index contributed by atoms with van der Waals surface area (Å²) in [6.07, 6.45) is 7.37. The Morgan fingerprint density at radius 3 is 1.38 bits per heavy atom. The van der Waals surface area contributed by atoms with E-state index in [0.717, 1.165) is 22.6 Å². The van der Waals surface area contributed by atoms with Gasteiger partial charge >= 0.3 is 0 Å². The Morgan fingerprint density at radius 1 is 0.690 bits per heavy atom. The van der Waals surface area contributed by atoms with Crippen molar-refractivity contribution in [2.75, 3.05) is 0 Å². The molecule has 2 saturated heterocycles. The molecule has 2 aliphatic heterocycles. The van der Waals surface area contributed by atoms with Crippen LogP contribution in [0.2, 0.25) is 0 Å². The summed E-state index contributed by atoms with van der Waals surface area (Å²) in [5, 5.41) is 18.2. The number of nitrogens with zero attached hydrogens (tertiary/aromatic N) is 4. The molecule has 152 valence electrons. The van der Waals surface area contributed by atoms with E-state index in [-0.39, 0.29) is 52.7 Å². The summed E-state index contributed by atoms with van der Waals surface area (Å²) in [5.74, 6) is -2.75. The molecule has 0 aromatic heterocycles. The van der Waals surface area contributed by atoms with Crippen molar-refractivity contribution in [1.82, 2.24) is 9.80 Å². The van der Waals surface area contributed by atoms with E-state index in [1.165, 1.54) is 0 Å². The van der Waals surface area contributed by atoms with Gasteiger partial charge in [0.1, 0.15) is 0 Å². The van der Waals surface area contributed by atoms with E-state index >= 15 is 0 Å². The van der Waals surface area contributed by atoms with Crippen molar-refractivity contribution in [2.45, 2.75) is 52.4 Å². The van der Waals surface area contributed by atoms with Gasteiger partial charge in [0.2, 0.25) is 23.6 Å². The van der Waals surface area contributed by atoms with E-state index < -0.39 is 11.8 Å². The third-order valence-corrected chi connectivity index (χ3v) is 8.16. The predicted molar refractivity (Wildman–Crippen MR) is 97.4 cm³/mol. The third-order valence-electron chi connectivity index (χ3n) is 8.16. The Hall–Kier alpha value is -2.74. The molecule has 2 aliphatic carbocycles. The summed E-state index contributed by atoms with van der Waals surface area (Å²) < 4.78 is 0. The number of hydrogen-bond acceptors (Lipinski definition) is 6. The first-order valence-corrected chi connectivity index (χ1v) is 10.3. The summed E-state index contributed by atoms with van der Waals surface area (Å²) in [4.78, 5) is 51.0. The lowest BCUT2D eigenvalue weighted by molar-refractivity contribution is -0.137. The monoisotopic (exact) mass is 396 g/mol. The van der Waals surface area contributed by atoms with Crippen LogP contribution in [0.5, 0.6) is 0 Å². The molecule has 6 atom stereocenters. The Morgan fingerprint density at radius 2 is 1.03 bits per heavy atom. The van der Waals surface area contributed by atoms with Crippen LogP contribution >= 0.6 is 0 Å². The lowest BCUT2D eigenvalue weighted by Crippen LogP contribution is -2.42. The Bertz CT molecular complexity index is 812. The minimum atomic E-state index is -0.430.